The number of amides is 4. The lowest BCUT2D eigenvalue weighted by Crippen LogP contribution is -2.52. The number of nitrogens with zero attached hydrogens (tertiary/aromatic N) is 5. The molecule has 0 unspecified atom stereocenters. The van der Waals surface area contributed by atoms with E-state index in [0.717, 1.165) is 43.4 Å². The van der Waals surface area contributed by atoms with Crippen LogP contribution in [0, 0.1) is 11.8 Å². The SMILES string of the molecule is CN(C)S(=O)(=O)N1CCC(C2CCN(C(=O)[C@@H](Cc3cc(Br)c(O)c(Br)c3)OC(=O)N3CCC(N4CCc5ccccc5NC4=O)CC3)CC2)CC1. The van der Waals surface area contributed by atoms with E-state index in [0.29, 0.717) is 85.0 Å². The van der Waals surface area contributed by atoms with E-state index in [1.807, 2.05) is 29.2 Å². The molecule has 0 saturated carbocycles. The summed E-state index contributed by atoms with van der Waals surface area (Å²) in [5.74, 6) is 0.570. The lowest BCUT2D eigenvalue weighted by Gasteiger charge is -2.41. The van der Waals surface area contributed by atoms with Crippen LogP contribution >= 0.6 is 31.9 Å². The number of halogens is 2. The van der Waals surface area contributed by atoms with Crippen molar-refractivity contribution in [2.75, 3.05) is 65.2 Å². The molecule has 4 aliphatic heterocycles. The van der Waals surface area contributed by atoms with Gasteiger partial charge < -0.3 is 29.9 Å². The third kappa shape index (κ3) is 8.72. The number of rotatable bonds is 8. The number of phenols is 1. The van der Waals surface area contributed by atoms with Crippen molar-refractivity contribution >= 4 is 65.8 Å². The molecule has 16 heteroatoms. The van der Waals surface area contributed by atoms with Gasteiger partial charge in [0.05, 0.1) is 8.95 Å². The minimum absolute atomic E-state index is 0.0200. The molecule has 3 fully saturated rings. The number of carbonyl (C=O) groups is 3. The van der Waals surface area contributed by atoms with Gasteiger partial charge in [-0.2, -0.15) is 17.0 Å². The topological polar surface area (TPSA) is 143 Å². The van der Waals surface area contributed by atoms with Crippen molar-refractivity contribution in [3.05, 3.63) is 56.5 Å². The lowest BCUT2D eigenvalue weighted by molar-refractivity contribution is -0.142. The van der Waals surface area contributed by atoms with E-state index >= 15 is 0 Å². The Morgan fingerprint density at radius 1 is 0.904 bits per heavy atom. The van der Waals surface area contributed by atoms with E-state index in [1.165, 1.54) is 4.31 Å². The summed E-state index contributed by atoms with van der Waals surface area (Å²) < 4.78 is 34.9. The second-order valence-corrected chi connectivity index (χ2v) is 18.3. The van der Waals surface area contributed by atoms with Gasteiger partial charge in [0.25, 0.3) is 16.1 Å². The largest absolute Gasteiger partial charge is 0.506 e. The molecule has 2 aromatic rings. The number of urea groups is 1. The molecule has 6 rings (SSSR count). The highest BCUT2D eigenvalue weighted by Crippen LogP contribution is 2.36. The normalized spacial score (nSPS) is 20.7. The Morgan fingerprint density at radius 2 is 1.48 bits per heavy atom. The Kier molecular flexibility index (Phi) is 12.4. The van der Waals surface area contributed by atoms with Crippen molar-refractivity contribution in [2.24, 2.45) is 11.8 Å². The average molecular weight is 869 g/mol. The number of benzene rings is 2. The summed E-state index contributed by atoms with van der Waals surface area (Å²) >= 11 is 6.75. The maximum atomic E-state index is 14.1. The Balaban J connectivity index is 1.06. The maximum Gasteiger partial charge on any atom is 0.410 e. The number of hydrogen-bond donors (Lipinski definition) is 2. The summed E-state index contributed by atoms with van der Waals surface area (Å²) in [6.45, 7) is 3.46. The molecule has 1 atom stereocenters. The number of anilines is 1. The predicted molar refractivity (Wildman–Crippen MR) is 204 cm³/mol. The first-order valence-electron chi connectivity index (χ1n) is 18.1. The fourth-order valence-electron chi connectivity index (χ4n) is 8.03. The molecular formula is C36H48Br2N6O7S. The number of aromatic hydroxyl groups is 1. The Bertz CT molecular complexity index is 1720. The van der Waals surface area contributed by atoms with Crippen molar-refractivity contribution in [2.45, 2.75) is 63.5 Å². The molecular weight excluding hydrogens is 820 g/mol. The number of likely N-dealkylation sites (tertiary alicyclic amines) is 2. The van der Waals surface area contributed by atoms with Gasteiger partial charge >= 0.3 is 12.1 Å². The third-order valence-electron chi connectivity index (χ3n) is 11.1. The molecule has 0 bridgehead atoms. The molecule has 284 valence electrons. The zero-order valence-corrected chi connectivity index (χ0v) is 33.7. The molecule has 0 aliphatic carbocycles. The van der Waals surface area contributed by atoms with Crippen molar-refractivity contribution in [3.8, 4) is 5.75 Å². The summed E-state index contributed by atoms with van der Waals surface area (Å²) in [5.41, 5.74) is 2.65. The minimum Gasteiger partial charge on any atom is -0.506 e. The highest BCUT2D eigenvalue weighted by atomic mass is 79.9. The summed E-state index contributed by atoms with van der Waals surface area (Å²) in [4.78, 5) is 46.1. The van der Waals surface area contributed by atoms with E-state index in [2.05, 4.69) is 37.2 Å². The standard InChI is InChI=1S/C36H48Br2N6O7S/c1-40(2)52(49,50)43-18-9-26(10-19-43)25-7-14-41(15-8-25)34(46)32(23-24-21-29(37)33(45)30(38)22-24)51-36(48)42-16-12-28(13-17-42)44-20-11-27-5-3-4-6-31(27)39-35(44)47/h3-6,21-22,25-26,28,32,45H,7-20,23H2,1-2H3,(H,39,47)/t32-/m1/s1. The molecule has 13 nitrogen and oxygen atoms in total. The fourth-order valence-corrected chi connectivity index (χ4v) is 10.4. The quantitative estimate of drug-likeness (QED) is 0.368. The Labute approximate surface area is 323 Å². The summed E-state index contributed by atoms with van der Waals surface area (Å²) in [6.07, 6.45) is 3.65. The molecule has 2 N–H and O–H groups in total. The van der Waals surface area contributed by atoms with Crippen LogP contribution in [-0.2, 0) is 32.6 Å². The van der Waals surface area contributed by atoms with Crippen molar-refractivity contribution in [1.82, 2.24) is 23.3 Å². The van der Waals surface area contributed by atoms with Gasteiger partial charge in [-0.05, 0) is 118 Å². The van der Waals surface area contributed by atoms with Gasteiger partial charge in [0.2, 0.25) is 0 Å². The van der Waals surface area contributed by atoms with Crippen LogP contribution in [0.5, 0.6) is 5.75 Å². The second-order valence-electron chi connectivity index (χ2n) is 14.4. The van der Waals surface area contributed by atoms with Crippen molar-refractivity contribution in [3.63, 3.8) is 0 Å². The molecule has 4 amide bonds. The van der Waals surface area contributed by atoms with Gasteiger partial charge in [-0.25, -0.2) is 9.59 Å². The highest BCUT2D eigenvalue weighted by Gasteiger charge is 2.38. The first-order valence-corrected chi connectivity index (χ1v) is 21.0. The molecule has 4 aliphatic rings. The smallest absolute Gasteiger partial charge is 0.410 e. The van der Waals surface area contributed by atoms with E-state index in [1.54, 1.807) is 40.3 Å². The van der Waals surface area contributed by atoms with Crippen LogP contribution in [0.1, 0.15) is 49.7 Å². The number of hydrogen-bond acceptors (Lipinski definition) is 7. The number of piperidine rings is 3. The van der Waals surface area contributed by atoms with Gasteiger partial charge in [-0.15, -0.1) is 0 Å². The lowest BCUT2D eigenvalue weighted by atomic mass is 9.79. The van der Waals surface area contributed by atoms with Gasteiger partial charge in [0.1, 0.15) is 5.75 Å². The predicted octanol–water partition coefficient (Wildman–Crippen LogP) is 5.28. The number of ether oxygens (including phenoxy) is 1. The van der Waals surface area contributed by atoms with Crippen LogP contribution in [0.3, 0.4) is 0 Å². The van der Waals surface area contributed by atoms with Crippen LogP contribution in [0.15, 0.2) is 45.3 Å². The monoisotopic (exact) mass is 866 g/mol. The van der Waals surface area contributed by atoms with Crippen LogP contribution < -0.4 is 5.32 Å². The molecule has 4 heterocycles. The molecule has 3 saturated heterocycles. The average Bonchev–Trinajstić information content (AvgIpc) is 3.31. The van der Waals surface area contributed by atoms with Crippen molar-refractivity contribution in [1.29, 1.82) is 0 Å². The zero-order chi connectivity index (χ0) is 37.2. The number of carbonyl (C=O) groups excluding carboxylic acids is 3. The van der Waals surface area contributed by atoms with Gasteiger partial charge in [0.15, 0.2) is 6.10 Å². The summed E-state index contributed by atoms with van der Waals surface area (Å²) in [6, 6.07) is 11.1. The minimum atomic E-state index is -3.43. The highest BCUT2D eigenvalue weighted by molar-refractivity contribution is 9.11. The van der Waals surface area contributed by atoms with Crippen molar-refractivity contribution < 1.29 is 32.6 Å². The molecule has 52 heavy (non-hydrogen) atoms. The van der Waals surface area contributed by atoms with E-state index in [-0.39, 0.29) is 30.2 Å². The number of fused-ring (bicyclic) bond motifs is 1. The van der Waals surface area contributed by atoms with E-state index in [9.17, 15) is 27.9 Å². The number of nitrogens with one attached hydrogen (secondary N) is 1. The molecule has 0 radical (unpaired) electrons. The van der Waals surface area contributed by atoms with Gasteiger partial charge in [-0.3, -0.25) is 4.79 Å². The summed E-state index contributed by atoms with van der Waals surface area (Å²) in [7, 11) is -0.319. The number of para-hydroxylation sites is 1. The maximum absolute atomic E-state index is 14.1. The van der Waals surface area contributed by atoms with Crippen LogP contribution in [0.2, 0.25) is 0 Å². The van der Waals surface area contributed by atoms with Crippen LogP contribution in [0.25, 0.3) is 0 Å². The van der Waals surface area contributed by atoms with E-state index < -0.39 is 22.4 Å². The molecule has 2 aromatic carbocycles. The van der Waals surface area contributed by atoms with Gasteiger partial charge in [-0.1, -0.05) is 18.2 Å². The molecule has 0 spiro atoms. The van der Waals surface area contributed by atoms with E-state index in [4.69, 9.17) is 4.74 Å². The summed E-state index contributed by atoms with van der Waals surface area (Å²) in [5, 5.41) is 13.3. The zero-order valence-electron chi connectivity index (χ0n) is 29.7. The van der Waals surface area contributed by atoms with Gasteiger partial charge in [0, 0.05) is 78.1 Å². The Hall–Kier alpha value is -2.92. The number of phenolic OH excluding ortho intramolecular Hbond substituents is 1. The fraction of sp³-hybridized carbons (Fsp3) is 0.583. The molecule has 0 aromatic heterocycles. The van der Waals surface area contributed by atoms with Crippen LogP contribution in [-0.4, -0.2) is 127 Å². The third-order valence-corrected chi connectivity index (χ3v) is 14.3. The first-order chi connectivity index (χ1) is 24.8. The first kappa shape index (κ1) is 38.8. The Morgan fingerprint density at radius 3 is 2.10 bits per heavy atom. The second kappa shape index (κ2) is 16.6. The van der Waals surface area contributed by atoms with Crippen LogP contribution in [0.4, 0.5) is 15.3 Å².